The normalized spacial score (nSPS) is 11.9. The van der Waals surface area contributed by atoms with Crippen molar-refractivity contribution < 1.29 is 9.53 Å². The number of carbonyl (C=O) groups is 1. The third-order valence-corrected chi connectivity index (χ3v) is 3.80. The van der Waals surface area contributed by atoms with Crippen molar-refractivity contribution in [2.24, 2.45) is 0 Å². The maximum absolute atomic E-state index is 12.3. The number of carbonyl (C=O) groups excluding carboxylic acids is 1. The first-order chi connectivity index (χ1) is 10.4. The third kappa shape index (κ3) is 3.80. The molecule has 1 unspecified atom stereocenters. The summed E-state index contributed by atoms with van der Waals surface area (Å²) in [6, 6.07) is 11.4. The molecule has 0 aromatic heterocycles. The van der Waals surface area contributed by atoms with Crippen molar-refractivity contribution in [2.75, 3.05) is 5.32 Å². The Bertz CT molecular complexity index is 677. The van der Waals surface area contributed by atoms with Gasteiger partial charge in [0.25, 0.3) is 5.91 Å². The van der Waals surface area contributed by atoms with Crippen LogP contribution in [0.25, 0.3) is 0 Å². The highest BCUT2D eigenvalue weighted by Gasteiger charge is 2.17. The van der Waals surface area contributed by atoms with E-state index >= 15 is 0 Å². The molecular formula is C18H20ClNO2. The molecule has 116 valence electrons. The van der Waals surface area contributed by atoms with E-state index in [2.05, 4.69) is 5.32 Å². The van der Waals surface area contributed by atoms with Crippen LogP contribution in [0.2, 0.25) is 5.02 Å². The maximum Gasteiger partial charge on any atom is 0.265 e. The second-order valence-corrected chi connectivity index (χ2v) is 5.86. The molecule has 0 bridgehead atoms. The van der Waals surface area contributed by atoms with Gasteiger partial charge in [-0.15, -0.1) is 0 Å². The van der Waals surface area contributed by atoms with Gasteiger partial charge in [-0.05, 0) is 56.5 Å². The minimum absolute atomic E-state index is 0.199. The Morgan fingerprint density at radius 3 is 2.41 bits per heavy atom. The summed E-state index contributed by atoms with van der Waals surface area (Å²) in [7, 11) is 0. The summed E-state index contributed by atoms with van der Waals surface area (Å²) in [5, 5.41) is 3.42. The van der Waals surface area contributed by atoms with Crippen molar-refractivity contribution in [3.63, 3.8) is 0 Å². The van der Waals surface area contributed by atoms with E-state index in [0.29, 0.717) is 10.8 Å². The van der Waals surface area contributed by atoms with E-state index in [-0.39, 0.29) is 5.91 Å². The summed E-state index contributed by atoms with van der Waals surface area (Å²) in [5.74, 6) is 0.320. The summed E-state index contributed by atoms with van der Waals surface area (Å²) in [5.41, 5.74) is 3.91. The number of ether oxygens (including phenoxy) is 1. The van der Waals surface area contributed by atoms with E-state index in [1.165, 1.54) is 0 Å². The van der Waals surface area contributed by atoms with E-state index < -0.39 is 6.10 Å². The number of nitrogens with one attached hydrogen (secondary N) is 1. The predicted molar refractivity (Wildman–Crippen MR) is 90.8 cm³/mol. The van der Waals surface area contributed by atoms with Gasteiger partial charge in [-0.1, -0.05) is 35.9 Å². The molecule has 2 rings (SSSR count). The molecule has 1 amide bonds. The summed E-state index contributed by atoms with van der Waals surface area (Å²) in [6.07, 6.45) is -0.640. The Labute approximate surface area is 136 Å². The maximum atomic E-state index is 12.3. The SMILES string of the molecule is Cc1ccc(Cl)c(OC(C)C(=O)Nc2c(C)cccc2C)c1. The van der Waals surface area contributed by atoms with Gasteiger partial charge in [0.15, 0.2) is 6.10 Å². The highest BCUT2D eigenvalue weighted by Crippen LogP contribution is 2.27. The zero-order chi connectivity index (χ0) is 16.3. The molecule has 0 radical (unpaired) electrons. The first kappa shape index (κ1) is 16.4. The lowest BCUT2D eigenvalue weighted by molar-refractivity contribution is -0.122. The number of halogens is 1. The average Bonchev–Trinajstić information content (AvgIpc) is 2.46. The Kier molecular flexibility index (Phi) is 5.09. The molecule has 0 fully saturated rings. The van der Waals surface area contributed by atoms with Gasteiger partial charge in [0.1, 0.15) is 5.75 Å². The van der Waals surface area contributed by atoms with Crippen LogP contribution < -0.4 is 10.1 Å². The molecule has 0 aliphatic carbocycles. The second-order valence-electron chi connectivity index (χ2n) is 5.45. The number of amides is 1. The van der Waals surface area contributed by atoms with Crippen molar-refractivity contribution in [2.45, 2.75) is 33.8 Å². The van der Waals surface area contributed by atoms with Crippen LogP contribution in [0.3, 0.4) is 0 Å². The van der Waals surface area contributed by atoms with Crippen LogP contribution >= 0.6 is 11.6 Å². The quantitative estimate of drug-likeness (QED) is 0.889. The largest absolute Gasteiger partial charge is 0.479 e. The molecule has 3 nitrogen and oxygen atoms in total. The fourth-order valence-corrected chi connectivity index (χ4v) is 2.34. The van der Waals surface area contributed by atoms with Gasteiger partial charge in [0.05, 0.1) is 5.02 Å². The standard InChI is InChI=1S/C18H20ClNO2/c1-11-8-9-15(19)16(10-11)22-14(4)18(21)20-17-12(2)6-5-7-13(17)3/h5-10,14H,1-4H3,(H,20,21). The van der Waals surface area contributed by atoms with Crippen molar-refractivity contribution in [1.29, 1.82) is 0 Å². The summed E-state index contributed by atoms with van der Waals surface area (Å²) >= 11 is 6.10. The van der Waals surface area contributed by atoms with E-state index in [9.17, 15) is 4.79 Å². The highest BCUT2D eigenvalue weighted by molar-refractivity contribution is 6.32. The topological polar surface area (TPSA) is 38.3 Å². The lowest BCUT2D eigenvalue weighted by atomic mass is 10.1. The van der Waals surface area contributed by atoms with Gasteiger partial charge in [0.2, 0.25) is 0 Å². The van der Waals surface area contributed by atoms with Gasteiger partial charge in [-0.3, -0.25) is 4.79 Å². The minimum atomic E-state index is -0.640. The molecule has 0 aliphatic rings. The monoisotopic (exact) mass is 317 g/mol. The number of benzene rings is 2. The Morgan fingerprint density at radius 1 is 1.14 bits per heavy atom. The van der Waals surface area contributed by atoms with E-state index in [1.807, 2.05) is 51.1 Å². The first-order valence-corrected chi connectivity index (χ1v) is 7.56. The number of para-hydroxylation sites is 1. The van der Waals surface area contributed by atoms with Crippen molar-refractivity contribution in [3.8, 4) is 5.75 Å². The minimum Gasteiger partial charge on any atom is -0.479 e. The van der Waals surface area contributed by atoms with Crippen molar-refractivity contribution >= 4 is 23.2 Å². The molecule has 2 aromatic carbocycles. The van der Waals surface area contributed by atoms with Crippen LogP contribution in [-0.2, 0) is 4.79 Å². The van der Waals surface area contributed by atoms with Gasteiger partial charge in [-0.25, -0.2) is 0 Å². The lowest BCUT2D eigenvalue weighted by Crippen LogP contribution is -2.30. The van der Waals surface area contributed by atoms with E-state index in [4.69, 9.17) is 16.3 Å². The fourth-order valence-electron chi connectivity index (χ4n) is 2.18. The van der Waals surface area contributed by atoms with Crippen LogP contribution in [0.5, 0.6) is 5.75 Å². The molecule has 0 saturated carbocycles. The molecule has 1 atom stereocenters. The molecule has 2 aromatic rings. The van der Waals surface area contributed by atoms with Gasteiger partial charge < -0.3 is 10.1 Å². The molecule has 0 saturated heterocycles. The second kappa shape index (κ2) is 6.84. The third-order valence-electron chi connectivity index (χ3n) is 3.49. The molecule has 1 N–H and O–H groups in total. The average molecular weight is 318 g/mol. The summed E-state index contributed by atoms with van der Waals surface area (Å²) < 4.78 is 5.70. The molecule has 22 heavy (non-hydrogen) atoms. The zero-order valence-corrected chi connectivity index (χ0v) is 14.0. The Hall–Kier alpha value is -2.00. The lowest BCUT2D eigenvalue weighted by Gasteiger charge is -2.18. The predicted octanol–water partition coefficient (Wildman–Crippen LogP) is 4.67. The van der Waals surface area contributed by atoms with Gasteiger partial charge in [0, 0.05) is 5.69 Å². The van der Waals surface area contributed by atoms with Crippen LogP contribution in [0, 0.1) is 20.8 Å². The van der Waals surface area contributed by atoms with Gasteiger partial charge >= 0.3 is 0 Å². The number of aryl methyl sites for hydroxylation is 3. The summed E-state index contributed by atoms with van der Waals surface area (Å²) in [6.45, 7) is 7.59. The van der Waals surface area contributed by atoms with Crippen LogP contribution in [0.4, 0.5) is 5.69 Å². The van der Waals surface area contributed by atoms with E-state index in [0.717, 1.165) is 22.4 Å². The summed E-state index contributed by atoms with van der Waals surface area (Å²) in [4.78, 5) is 12.3. The number of rotatable bonds is 4. The van der Waals surface area contributed by atoms with Crippen molar-refractivity contribution in [1.82, 2.24) is 0 Å². The van der Waals surface area contributed by atoms with E-state index in [1.54, 1.807) is 13.0 Å². The highest BCUT2D eigenvalue weighted by atomic mass is 35.5. The smallest absolute Gasteiger partial charge is 0.265 e. The molecule has 0 heterocycles. The Balaban J connectivity index is 2.11. The number of hydrogen-bond acceptors (Lipinski definition) is 2. The van der Waals surface area contributed by atoms with Crippen LogP contribution in [0.1, 0.15) is 23.6 Å². The zero-order valence-electron chi connectivity index (χ0n) is 13.2. The molecule has 4 heteroatoms. The van der Waals surface area contributed by atoms with Crippen LogP contribution in [0.15, 0.2) is 36.4 Å². The fraction of sp³-hybridized carbons (Fsp3) is 0.278. The molecular weight excluding hydrogens is 298 g/mol. The van der Waals surface area contributed by atoms with Gasteiger partial charge in [-0.2, -0.15) is 0 Å². The molecule has 0 spiro atoms. The number of hydrogen-bond donors (Lipinski definition) is 1. The van der Waals surface area contributed by atoms with Crippen LogP contribution in [-0.4, -0.2) is 12.0 Å². The number of anilines is 1. The van der Waals surface area contributed by atoms with Crippen molar-refractivity contribution in [3.05, 3.63) is 58.1 Å². The molecule has 0 aliphatic heterocycles. The Morgan fingerprint density at radius 2 is 1.77 bits per heavy atom. The first-order valence-electron chi connectivity index (χ1n) is 7.18.